The lowest BCUT2D eigenvalue weighted by atomic mass is 10.2. The van der Waals surface area contributed by atoms with E-state index in [0.29, 0.717) is 15.4 Å². The Morgan fingerprint density at radius 2 is 1.88 bits per heavy atom. The van der Waals surface area contributed by atoms with Gasteiger partial charge >= 0.3 is 6.18 Å². The summed E-state index contributed by atoms with van der Waals surface area (Å²) in [5, 5.41) is 5.56. The summed E-state index contributed by atoms with van der Waals surface area (Å²) in [5.41, 5.74) is 0.365. The molecular formula is C16H14F3N3O2S2. The van der Waals surface area contributed by atoms with E-state index in [1.165, 1.54) is 6.07 Å². The van der Waals surface area contributed by atoms with E-state index >= 15 is 0 Å². The largest absolute Gasteiger partial charge is 0.432 e. The summed E-state index contributed by atoms with van der Waals surface area (Å²) in [5.74, 6) is 0. The Morgan fingerprint density at radius 3 is 2.50 bits per heavy atom. The molecule has 0 aliphatic rings. The summed E-state index contributed by atoms with van der Waals surface area (Å²) >= 11 is 1.06. The van der Waals surface area contributed by atoms with Gasteiger partial charge in [-0.1, -0.05) is 12.1 Å². The first kappa shape index (κ1) is 18.5. The predicted molar refractivity (Wildman–Crippen MR) is 93.6 cm³/mol. The van der Waals surface area contributed by atoms with Gasteiger partial charge in [-0.05, 0) is 43.7 Å². The monoisotopic (exact) mass is 401 g/mol. The number of nitrogens with zero attached hydrogens (tertiary/aromatic N) is 1. The van der Waals surface area contributed by atoms with Crippen LogP contribution in [0.4, 0.5) is 18.9 Å². The molecule has 5 nitrogen and oxygen atoms in total. The molecule has 0 fully saturated rings. The summed E-state index contributed by atoms with van der Waals surface area (Å²) in [7, 11) is -3.87. The van der Waals surface area contributed by atoms with Crippen LogP contribution in [0.1, 0.15) is 16.1 Å². The molecular weight excluding hydrogens is 387 g/mol. The lowest BCUT2D eigenvalue weighted by molar-refractivity contribution is -0.141. The minimum atomic E-state index is -4.54. The number of hydrogen-bond acceptors (Lipinski definition) is 4. The van der Waals surface area contributed by atoms with Crippen molar-refractivity contribution in [3.8, 4) is 10.6 Å². The number of halogens is 3. The highest BCUT2D eigenvalue weighted by Gasteiger charge is 2.33. The van der Waals surface area contributed by atoms with E-state index in [9.17, 15) is 21.6 Å². The minimum Gasteiger partial charge on any atom is -0.280 e. The van der Waals surface area contributed by atoms with Gasteiger partial charge in [-0.15, -0.1) is 11.3 Å². The van der Waals surface area contributed by atoms with Gasteiger partial charge in [0.15, 0.2) is 0 Å². The molecule has 0 amide bonds. The van der Waals surface area contributed by atoms with Crippen molar-refractivity contribution < 1.29 is 21.6 Å². The number of hydrogen-bond donors (Lipinski definition) is 2. The van der Waals surface area contributed by atoms with Gasteiger partial charge in [-0.25, -0.2) is 8.42 Å². The van der Waals surface area contributed by atoms with Crippen LogP contribution in [0.25, 0.3) is 10.6 Å². The van der Waals surface area contributed by atoms with Crippen LogP contribution >= 0.6 is 11.3 Å². The Hall–Kier alpha value is -2.33. The van der Waals surface area contributed by atoms with Gasteiger partial charge < -0.3 is 0 Å². The molecule has 0 spiro atoms. The molecule has 1 aromatic carbocycles. The Morgan fingerprint density at radius 1 is 1.15 bits per heavy atom. The van der Waals surface area contributed by atoms with Crippen LogP contribution in [-0.4, -0.2) is 18.6 Å². The maximum absolute atomic E-state index is 12.7. The third-order valence-electron chi connectivity index (χ3n) is 3.57. The molecule has 0 saturated carbocycles. The molecule has 2 N–H and O–H groups in total. The third-order valence-corrected chi connectivity index (χ3v) is 6.28. The van der Waals surface area contributed by atoms with Crippen molar-refractivity contribution in [3.63, 3.8) is 0 Å². The average Bonchev–Trinajstić information content (AvgIpc) is 3.12. The highest BCUT2D eigenvalue weighted by Crippen LogP contribution is 2.36. The molecule has 3 aromatic rings. The van der Waals surface area contributed by atoms with E-state index < -0.39 is 21.9 Å². The molecule has 0 unspecified atom stereocenters. The molecule has 2 heterocycles. The summed E-state index contributed by atoms with van der Waals surface area (Å²) in [6.07, 6.45) is -4.54. The molecule has 138 valence electrons. The number of aromatic nitrogens is 2. The topological polar surface area (TPSA) is 74.8 Å². The number of anilines is 1. The maximum Gasteiger partial charge on any atom is 0.432 e. The van der Waals surface area contributed by atoms with E-state index in [2.05, 4.69) is 9.82 Å². The average molecular weight is 401 g/mol. The van der Waals surface area contributed by atoms with Crippen LogP contribution in [0, 0.1) is 13.8 Å². The number of thiophene rings is 1. The number of nitrogens with one attached hydrogen (secondary N) is 2. The zero-order valence-corrected chi connectivity index (χ0v) is 15.3. The molecule has 0 bridgehead atoms. The molecule has 0 radical (unpaired) electrons. The van der Waals surface area contributed by atoms with Crippen LogP contribution < -0.4 is 4.72 Å². The lowest BCUT2D eigenvalue weighted by Crippen LogP contribution is -2.13. The Bertz CT molecular complexity index is 1050. The van der Waals surface area contributed by atoms with Crippen molar-refractivity contribution in [2.24, 2.45) is 0 Å². The fraction of sp³-hybridized carbons (Fsp3) is 0.188. The van der Waals surface area contributed by atoms with E-state index in [-0.39, 0.29) is 10.6 Å². The third kappa shape index (κ3) is 3.75. The first-order valence-electron chi connectivity index (χ1n) is 7.39. The number of rotatable bonds is 4. The first-order chi connectivity index (χ1) is 12.1. The summed E-state index contributed by atoms with van der Waals surface area (Å²) in [6, 6.07) is 9.05. The number of aryl methyl sites for hydroxylation is 2. The molecule has 0 aliphatic heterocycles. The van der Waals surface area contributed by atoms with Gasteiger partial charge in [-0.3, -0.25) is 9.82 Å². The maximum atomic E-state index is 12.7. The van der Waals surface area contributed by atoms with E-state index in [4.69, 9.17) is 0 Å². The summed E-state index contributed by atoms with van der Waals surface area (Å²) in [6.45, 7) is 3.43. The zero-order valence-electron chi connectivity index (χ0n) is 13.7. The van der Waals surface area contributed by atoms with Crippen molar-refractivity contribution in [2.75, 3.05) is 4.72 Å². The van der Waals surface area contributed by atoms with Crippen molar-refractivity contribution in [1.29, 1.82) is 0 Å². The molecule has 26 heavy (non-hydrogen) atoms. The molecule has 10 heteroatoms. The molecule has 2 aromatic heterocycles. The second-order valence-corrected chi connectivity index (χ2v) is 8.58. The van der Waals surface area contributed by atoms with Gasteiger partial charge in [0, 0.05) is 10.6 Å². The van der Waals surface area contributed by atoms with Crippen LogP contribution in [-0.2, 0) is 16.2 Å². The lowest BCUT2D eigenvalue weighted by Gasteiger charge is -2.08. The normalized spacial score (nSPS) is 12.3. The van der Waals surface area contributed by atoms with E-state index in [1.54, 1.807) is 25.1 Å². The van der Waals surface area contributed by atoms with Gasteiger partial charge in [0.2, 0.25) is 0 Å². The number of alkyl halides is 3. The first-order valence-corrected chi connectivity index (χ1v) is 9.69. The number of aromatic amines is 1. The van der Waals surface area contributed by atoms with E-state index in [0.717, 1.165) is 23.0 Å². The molecule has 0 saturated heterocycles. The number of H-pyrrole nitrogens is 1. The quantitative estimate of drug-likeness (QED) is 0.672. The SMILES string of the molecule is Cc1cccc(NS(=O)(=O)c2cc(-c3cc(C(F)(F)F)[nH]n3)sc2C)c1. The Balaban J connectivity index is 1.93. The van der Waals surface area contributed by atoms with Crippen LogP contribution in [0.15, 0.2) is 41.3 Å². The standard InChI is InChI=1S/C16H14F3N3O2S2/c1-9-4-3-5-11(6-9)22-26(23,24)14-8-13(25-10(14)2)12-7-15(21-20-12)16(17,18)19/h3-8,22H,1-2H3,(H,20,21). The van der Waals surface area contributed by atoms with Crippen molar-refractivity contribution >= 4 is 27.0 Å². The Labute approximate surface area is 151 Å². The van der Waals surface area contributed by atoms with E-state index in [1.807, 2.05) is 18.1 Å². The molecule has 0 atom stereocenters. The number of benzene rings is 1. The second-order valence-electron chi connectivity index (χ2n) is 5.67. The highest BCUT2D eigenvalue weighted by molar-refractivity contribution is 7.93. The fourth-order valence-corrected chi connectivity index (χ4v) is 4.97. The summed E-state index contributed by atoms with van der Waals surface area (Å²) < 4.78 is 65.8. The molecule has 0 aliphatic carbocycles. The second kappa shape index (κ2) is 6.44. The number of sulfonamides is 1. The van der Waals surface area contributed by atoms with Crippen molar-refractivity contribution in [3.05, 3.63) is 52.5 Å². The fourth-order valence-electron chi connectivity index (χ4n) is 2.37. The Kier molecular flexibility index (Phi) is 4.57. The summed E-state index contributed by atoms with van der Waals surface area (Å²) in [4.78, 5) is 0.797. The molecule has 3 rings (SSSR count). The minimum absolute atomic E-state index is 0.00978. The van der Waals surface area contributed by atoms with Gasteiger partial charge in [0.25, 0.3) is 10.0 Å². The highest BCUT2D eigenvalue weighted by atomic mass is 32.2. The predicted octanol–water partition coefficient (Wildman–Crippen LogP) is 4.57. The van der Waals surface area contributed by atoms with Crippen molar-refractivity contribution in [1.82, 2.24) is 10.2 Å². The van der Waals surface area contributed by atoms with Crippen molar-refractivity contribution in [2.45, 2.75) is 24.9 Å². The smallest absolute Gasteiger partial charge is 0.280 e. The van der Waals surface area contributed by atoms with Crippen LogP contribution in [0.5, 0.6) is 0 Å². The van der Waals surface area contributed by atoms with Crippen LogP contribution in [0.3, 0.4) is 0 Å². The van der Waals surface area contributed by atoms with Gasteiger partial charge in [0.05, 0.1) is 4.88 Å². The van der Waals surface area contributed by atoms with Crippen LogP contribution in [0.2, 0.25) is 0 Å². The van der Waals surface area contributed by atoms with Gasteiger partial charge in [-0.2, -0.15) is 18.3 Å². The van der Waals surface area contributed by atoms with Gasteiger partial charge in [0.1, 0.15) is 16.3 Å². The zero-order chi connectivity index (χ0) is 19.1.